The molecule has 6 nitrogen and oxygen atoms in total. The minimum absolute atomic E-state index is 0.00692. The van der Waals surface area contributed by atoms with E-state index >= 15 is 4.39 Å². The fourth-order valence-corrected chi connectivity index (χ4v) is 3.16. The summed E-state index contributed by atoms with van der Waals surface area (Å²) in [6.45, 7) is 1.86. The molecule has 1 heterocycles. The summed E-state index contributed by atoms with van der Waals surface area (Å²) in [4.78, 5) is 11.9. The van der Waals surface area contributed by atoms with Crippen molar-refractivity contribution in [1.82, 2.24) is 14.8 Å². The third-order valence-electron chi connectivity index (χ3n) is 3.83. The van der Waals surface area contributed by atoms with Crippen LogP contribution in [0.25, 0.3) is 0 Å². The number of benzene rings is 2. The summed E-state index contributed by atoms with van der Waals surface area (Å²) >= 11 is 9.23. The molecule has 0 saturated heterocycles. The molecule has 0 amide bonds. The maximum atomic E-state index is 15.1. The Hall–Kier alpha value is -2.63. The molecule has 2 aromatic carbocycles. The van der Waals surface area contributed by atoms with Gasteiger partial charge < -0.3 is 4.74 Å². The highest BCUT2D eigenvalue weighted by Crippen LogP contribution is 2.35. The number of aromatic amines is 1. The average molecular weight is 452 g/mol. The second-order valence-electron chi connectivity index (χ2n) is 5.62. The molecule has 1 N–H and O–H groups in total. The lowest BCUT2D eigenvalue weighted by Gasteiger charge is -2.13. The predicted octanol–water partition coefficient (Wildman–Crippen LogP) is 4.40. The summed E-state index contributed by atoms with van der Waals surface area (Å²) in [5.74, 6) is 0.0649. The van der Waals surface area contributed by atoms with Crippen molar-refractivity contribution in [3.63, 3.8) is 0 Å². The number of ether oxygens (including phenoxy) is 1. The number of nitrogens with one attached hydrogen (secondary N) is 1. The Morgan fingerprint density at radius 1 is 1.41 bits per heavy atom. The van der Waals surface area contributed by atoms with Crippen LogP contribution in [0.2, 0.25) is 5.02 Å². The van der Waals surface area contributed by atoms with E-state index in [4.69, 9.17) is 21.6 Å². The summed E-state index contributed by atoms with van der Waals surface area (Å²) < 4.78 is 22.5. The van der Waals surface area contributed by atoms with Gasteiger partial charge in [0.05, 0.1) is 22.7 Å². The number of halogens is 3. The second-order valence-corrected chi connectivity index (χ2v) is 6.91. The fourth-order valence-electron chi connectivity index (χ4n) is 2.55. The van der Waals surface area contributed by atoms with Crippen molar-refractivity contribution in [3.8, 4) is 17.6 Å². The van der Waals surface area contributed by atoms with Gasteiger partial charge in [-0.3, -0.25) is 4.57 Å². The Labute approximate surface area is 167 Å². The van der Waals surface area contributed by atoms with Gasteiger partial charge in [0.2, 0.25) is 0 Å². The number of nitrogens with zero attached hydrogens (tertiary/aromatic N) is 3. The number of rotatable bonds is 5. The number of H-pyrrole nitrogens is 1. The van der Waals surface area contributed by atoms with Crippen molar-refractivity contribution >= 4 is 27.5 Å². The molecule has 0 bridgehead atoms. The third kappa shape index (κ3) is 4.04. The maximum absolute atomic E-state index is 15.1. The molecule has 0 saturated carbocycles. The first-order valence-electron chi connectivity index (χ1n) is 7.92. The second kappa shape index (κ2) is 7.94. The van der Waals surface area contributed by atoms with Crippen LogP contribution in [0.3, 0.4) is 0 Å². The average Bonchev–Trinajstić information content (AvgIpc) is 3.00. The van der Waals surface area contributed by atoms with Crippen LogP contribution < -0.4 is 10.4 Å². The summed E-state index contributed by atoms with van der Waals surface area (Å²) in [5.41, 5.74) is 0.141. The third-order valence-corrected chi connectivity index (χ3v) is 4.67. The Bertz CT molecular complexity index is 1100. The molecule has 138 valence electrons. The summed E-state index contributed by atoms with van der Waals surface area (Å²) in [5, 5.41) is 15.6. The van der Waals surface area contributed by atoms with Crippen molar-refractivity contribution in [2.24, 2.45) is 0 Å². The highest BCUT2D eigenvalue weighted by atomic mass is 79.9. The first-order chi connectivity index (χ1) is 12.9. The Morgan fingerprint density at radius 3 is 2.89 bits per heavy atom. The van der Waals surface area contributed by atoms with Crippen molar-refractivity contribution in [2.45, 2.75) is 19.9 Å². The van der Waals surface area contributed by atoms with Gasteiger partial charge in [0, 0.05) is 17.0 Å². The highest BCUT2D eigenvalue weighted by molar-refractivity contribution is 9.10. The lowest BCUT2D eigenvalue weighted by atomic mass is 10.2. The van der Waals surface area contributed by atoms with E-state index in [-0.39, 0.29) is 23.6 Å². The van der Waals surface area contributed by atoms with E-state index in [0.717, 1.165) is 0 Å². The van der Waals surface area contributed by atoms with Gasteiger partial charge in [-0.15, -0.1) is 0 Å². The minimum Gasteiger partial charge on any atom is -0.453 e. The zero-order valence-electron chi connectivity index (χ0n) is 14.1. The molecule has 3 rings (SSSR count). The zero-order chi connectivity index (χ0) is 19.6. The van der Waals surface area contributed by atoms with Gasteiger partial charge in [0.1, 0.15) is 11.6 Å². The number of hydrogen-bond donors (Lipinski definition) is 1. The van der Waals surface area contributed by atoms with Crippen LogP contribution in [0.15, 0.2) is 39.6 Å². The summed E-state index contributed by atoms with van der Waals surface area (Å²) in [6, 6.07) is 9.57. The number of aromatic nitrogens is 3. The van der Waals surface area contributed by atoms with Crippen LogP contribution in [0.1, 0.15) is 23.9 Å². The lowest BCUT2D eigenvalue weighted by molar-refractivity contribution is 0.433. The van der Waals surface area contributed by atoms with E-state index in [1.54, 1.807) is 12.1 Å². The lowest BCUT2D eigenvalue weighted by Crippen LogP contribution is -2.20. The molecule has 0 aliphatic heterocycles. The maximum Gasteiger partial charge on any atom is 0.343 e. The van der Waals surface area contributed by atoms with E-state index in [1.165, 1.54) is 22.8 Å². The van der Waals surface area contributed by atoms with E-state index in [9.17, 15) is 4.79 Å². The van der Waals surface area contributed by atoms with E-state index < -0.39 is 11.5 Å². The van der Waals surface area contributed by atoms with Gasteiger partial charge in [0.15, 0.2) is 11.6 Å². The van der Waals surface area contributed by atoms with Crippen LogP contribution in [-0.4, -0.2) is 14.8 Å². The van der Waals surface area contributed by atoms with E-state index in [0.29, 0.717) is 27.3 Å². The van der Waals surface area contributed by atoms with Crippen LogP contribution >= 0.6 is 27.5 Å². The van der Waals surface area contributed by atoms with Crippen molar-refractivity contribution in [2.75, 3.05) is 0 Å². The monoisotopic (exact) mass is 450 g/mol. The van der Waals surface area contributed by atoms with Crippen LogP contribution in [0.4, 0.5) is 4.39 Å². The van der Waals surface area contributed by atoms with E-state index in [2.05, 4.69) is 26.1 Å². The molecule has 0 spiro atoms. The smallest absolute Gasteiger partial charge is 0.343 e. The minimum atomic E-state index is -0.627. The van der Waals surface area contributed by atoms with E-state index in [1.807, 2.05) is 13.0 Å². The topological polar surface area (TPSA) is 83.7 Å². The standard InChI is InChI=1S/C18H13BrClFN4O2/c1-2-15-23-24-18(26)25(15)9-11-3-4-14(19)17(16(11)21)27-13-6-10(8-22)5-12(20)7-13/h3-7H,2,9H2,1H3,(H,24,26). The normalized spacial score (nSPS) is 10.6. The van der Waals surface area contributed by atoms with Crippen molar-refractivity contribution in [1.29, 1.82) is 5.26 Å². The van der Waals surface area contributed by atoms with Gasteiger partial charge in [-0.2, -0.15) is 10.4 Å². The highest BCUT2D eigenvalue weighted by Gasteiger charge is 2.17. The number of nitriles is 1. The van der Waals surface area contributed by atoms with Gasteiger partial charge in [-0.05, 0) is 40.2 Å². The predicted molar refractivity (Wildman–Crippen MR) is 102 cm³/mol. The Morgan fingerprint density at radius 2 is 2.19 bits per heavy atom. The largest absolute Gasteiger partial charge is 0.453 e. The van der Waals surface area contributed by atoms with Gasteiger partial charge in [-0.25, -0.2) is 14.3 Å². The quantitative estimate of drug-likeness (QED) is 0.623. The van der Waals surface area contributed by atoms with Crippen LogP contribution in [0, 0.1) is 17.1 Å². The summed E-state index contributed by atoms with van der Waals surface area (Å²) in [6.07, 6.45) is 0.527. The van der Waals surface area contributed by atoms with Gasteiger partial charge >= 0.3 is 5.69 Å². The molecular formula is C18H13BrClFN4O2. The number of hydrogen-bond acceptors (Lipinski definition) is 4. The van der Waals surface area contributed by atoms with Crippen molar-refractivity contribution < 1.29 is 9.13 Å². The molecule has 27 heavy (non-hydrogen) atoms. The molecule has 0 fully saturated rings. The summed E-state index contributed by atoms with van der Waals surface area (Å²) in [7, 11) is 0. The fraction of sp³-hybridized carbons (Fsp3) is 0.167. The first kappa shape index (κ1) is 19.1. The molecule has 0 radical (unpaired) electrons. The van der Waals surface area contributed by atoms with Crippen molar-refractivity contribution in [3.05, 3.63) is 73.1 Å². The van der Waals surface area contributed by atoms with Gasteiger partial charge in [0.25, 0.3) is 0 Å². The van der Waals surface area contributed by atoms with Crippen LogP contribution in [-0.2, 0) is 13.0 Å². The zero-order valence-corrected chi connectivity index (χ0v) is 16.4. The molecule has 3 aromatic rings. The van der Waals surface area contributed by atoms with Crippen LogP contribution in [0.5, 0.6) is 11.5 Å². The SMILES string of the molecule is CCc1n[nH]c(=O)n1Cc1ccc(Br)c(Oc2cc(Cl)cc(C#N)c2)c1F. The molecule has 0 aliphatic carbocycles. The molecule has 1 aromatic heterocycles. The number of aryl methyl sites for hydroxylation is 1. The molecule has 0 aliphatic rings. The molecule has 9 heteroatoms. The molecule has 0 unspecified atom stereocenters. The first-order valence-corrected chi connectivity index (χ1v) is 9.09. The van der Waals surface area contributed by atoms with Gasteiger partial charge in [-0.1, -0.05) is 24.6 Å². The Kier molecular flexibility index (Phi) is 5.63. The molecular weight excluding hydrogens is 439 g/mol. The molecule has 0 atom stereocenters. The Balaban J connectivity index is 1.99.